The van der Waals surface area contributed by atoms with Crippen LogP contribution in [0.15, 0.2) is 0 Å². The summed E-state index contributed by atoms with van der Waals surface area (Å²) < 4.78 is 0. The second kappa shape index (κ2) is 8.11. The molecule has 19 heavy (non-hydrogen) atoms. The zero-order valence-electron chi connectivity index (χ0n) is 12.1. The van der Waals surface area contributed by atoms with Gasteiger partial charge in [0, 0.05) is 19.0 Å². The molecule has 0 aromatic heterocycles. The Hall–Kier alpha value is -0.280. The van der Waals surface area contributed by atoms with Crippen molar-refractivity contribution in [3.05, 3.63) is 0 Å². The zero-order valence-corrected chi connectivity index (χ0v) is 12.9. The molecule has 2 fully saturated rings. The van der Waals surface area contributed by atoms with E-state index in [0.29, 0.717) is 18.3 Å². The first-order chi connectivity index (χ1) is 8.65. The summed E-state index contributed by atoms with van der Waals surface area (Å²) in [4.78, 5) is 11.9. The van der Waals surface area contributed by atoms with Crippen LogP contribution in [0.2, 0.25) is 0 Å². The normalized spacial score (nSPS) is 34.6. The van der Waals surface area contributed by atoms with Crippen molar-refractivity contribution >= 4 is 18.3 Å². The molecule has 0 aromatic rings. The lowest BCUT2D eigenvalue weighted by molar-refractivity contribution is -0.122. The van der Waals surface area contributed by atoms with E-state index in [1.54, 1.807) is 0 Å². The molecule has 2 aliphatic carbocycles. The molecule has 2 aliphatic rings. The van der Waals surface area contributed by atoms with Crippen LogP contribution in [0.5, 0.6) is 0 Å². The van der Waals surface area contributed by atoms with Crippen LogP contribution in [0.4, 0.5) is 0 Å². The van der Waals surface area contributed by atoms with Crippen LogP contribution in [-0.2, 0) is 4.79 Å². The van der Waals surface area contributed by atoms with E-state index in [2.05, 4.69) is 12.2 Å². The first-order valence-electron chi connectivity index (χ1n) is 7.67. The Morgan fingerprint density at radius 2 is 1.84 bits per heavy atom. The molecule has 2 saturated carbocycles. The van der Waals surface area contributed by atoms with E-state index in [0.717, 1.165) is 25.3 Å². The molecule has 0 bridgehead atoms. The van der Waals surface area contributed by atoms with Gasteiger partial charge in [-0.05, 0) is 43.4 Å². The molecule has 0 spiro atoms. The fourth-order valence-electron chi connectivity index (χ4n) is 3.42. The fourth-order valence-corrected chi connectivity index (χ4v) is 3.42. The smallest absolute Gasteiger partial charge is 0.220 e. The van der Waals surface area contributed by atoms with E-state index < -0.39 is 0 Å². The molecule has 3 N–H and O–H groups in total. The number of amides is 1. The van der Waals surface area contributed by atoms with Gasteiger partial charge in [0.1, 0.15) is 0 Å². The van der Waals surface area contributed by atoms with Crippen LogP contribution in [0.3, 0.4) is 0 Å². The number of carbonyl (C=O) groups is 1. The van der Waals surface area contributed by atoms with Gasteiger partial charge < -0.3 is 11.1 Å². The van der Waals surface area contributed by atoms with Gasteiger partial charge in [-0.3, -0.25) is 4.79 Å². The largest absolute Gasteiger partial charge is 0.356 e. The molecule has 112 valence electrons. The number of carbonyl (C=O) groups excluding carboxylic acids is 1. The second-order valence-electron chi connectivity index (χ2n) is 6.49. The summed E-state index contributed by atoms with van der Waals surface area (Å²) >= 11 is 0. The molecule has 2 atom stereocenters. The molecule has 3 nitrogen and oxygen atoms in total. The molecule has 1 amide bonds. The van der Waals surface area contributed by atoms with E-state index in [9.17, 15) is 4.79 Å². The molecule has 4 heteroatoms. The van der Waals surface area contributed by atoms with Gasteiger partial charge >= 0.3 is 0 Å². The Kier molecular flexibility index (Phi) is 7.16. The molecule has 2 rings (SSSR count). The highest BCUT2D eigenvalue weighted by molar-refractivity contribution is 5.85. The highest BCUT2D eigenvalue weighted by Crippen LogP contribution is 2.28. The molecular formula is C15H29ClN2O. The van der Waals surface area contributed by atoms with Crippen molar-refractivity contribution in [1.82, 2.24) is 5.32 Å². The molecule has 0 saturated heterocycles. The summed E-state index contributed by atoms with van der Waals surface area (Å²) in [5.74, 6) is 2.24. The van der Waals surface area contributed by atoms with Crippen molar-refractivity contribution in [2.24, 2.45) is 23.5 Å². The lowest BCUT2D eigenvalue weighted by Crippen LogP contribution is -2.34. The van der Waals surface area contributed by atoms with Crippen LogP contribution in [0, 0.1) is 17.8 Å². The number of halogens is 1. The van der Waals surface area contributed by atoms with E-state index >= 15 is 0 Å². The number of nitrogens with one attached hydrogen (secondary N) is 1. The number of hydrogen-bond acceptors (Lipinski definition) is 2. The minimum absolute atomic E-state index is 0. The maximum atomic E-state index is 11.9. The first-order valence-corrected chi connectivity index (χ1v) is 7.67. The van der Waals surface area contributed by atoms with Crippen LogP contribution >= 0.6 is 12.4 Å². The van der Waals surface area contributed by atoms with Crippen LogP contribution in [0.25, 0.3) is 0 Å². The summed E-state index contributed by atoms with van der Waals surface area (Å²) in [5, 5.41) is 3.12. The summed E-state index contributed by atoms with van der Waals surface area (Å²) in [7, 11) is 0. The second-order valence-corrected chi connectivity index (χ2v) is 6.49. The molecule has 0 radical (unpaired) electrons. The average Bonchev–Trinajstić information content (AvgIpc) is 2.74. The van der Waals surface area contributed by atoms with Gasteiger partial charge in [0.25, 0.3) is 0 Å². The van der Waals surface area contributed by atoms with Crippen molar-refractivity contribution in [2.45, 2.75) is 64.3 Å². The third-order valence-corrected chi connectivity index (χ3v) is 4.89. The standard InChI is InChI=1S/C15H28N2O.ClH/c1-11-5-7-12(8-6-11)10-17-15(18)9-13-3-2-4-14(13)16;/h11-14H,2-10,16H2,1H3,(H,17,18);1H/t11?,12?,13-,14+;/m0./s1. The summed E-state index contributed by atoms with van der Waals surface area (Å²) in [6.45, 7) is 3.21. The first kappa shape index (κ1) is 16.8. The van der Waals surface area contributed by atoms with Gasteiger partial charge in [0.05, 0.1) is 0 Å². The third-order valence-electron chi connectivity index (χ3n) is 4.89. The predicted octanol–water partition coefficient (Wildman–Crippen LogP) is 2.87. The van der Waals surface area contributed by atoms with E-state index in [4.69, 9.17) is 5.73 Å². The average molecular weight is 289 g/mol. The Balaban J connectivity index is 0.00000180. The number of hydrogen-bond donors (Lipinski definition) is 2. The van der Waals surface area contributed by atoms with Crippen molar-refractivity contribution in [3.8, 4) is 0 Å². The van der Waals surface area contributed by atoms with Crippen molar-refractivity contribution in [2.75, 3.05) is 6.54 Å². The van der Waals surface area contributed by atoms with Crippen molar-refractivity contribution < 1.29 is 4.79 Å². The van der Waals surface area contributed by atoms with Gasteiger partial charge in [0.15, 0.2) is 0 Å². The topological polar surface area (TPSA) is 55.1 Å². The minimum Gasteiger partial charge on any atom is -0.356 e. The maximum Gasteiger partial charge on any atom is 0.220 e. The monoisotopic (exact) mass is 288 g/mol. The lowest BCUT2D eigenvalue weighted by atomic mass is 9.83. The quantitative estimate of drug-likeness (QED) is 0.836. The van der Waals surface area contributed by atoms with Gasteiger partial charge in [0.2, 0.25) is 5.91 Å². The van der Waals surface area contributed by atoms with Gasteiger partial charge in [-0.15, -0.1) is 12.4 Å². The molecule has 0 aliphatic heterocycles. The van der Waals surface area contributed by atoms with Gasteiger partial charge in [-0.25, -0.2) is 0 Å². The molecule has 0 unspecified atom stereocenters. The molecule has 0 aromatic carbocycles. The maximum absolute atomic E-state index is 11.9. The number of nitrogens with two attached hydrogens (primary N) is 1. The van der Waals surface area contributed by atoms with Crippen LogP contribution < -0.4 is 11.1 Å². The molecular weight excluding hydrogens is 260 g/mol. The summed E-state index contributed by atoms with van der Waals surface area (Å²) in [6, 6.07) is 0.256. The van der Waals surface area contributed by atoms with Crippen LogP contribution in [0.1, 0.15) is 58.3 Å². The number of rotatable bonds is 4. The molecule has 0 heterocycles. The Morgan fingerprint density at radius 3 is 2.42 bits per heavy atom. The van der Waals surface area contributed by atoms with E-state index in [-0.39, 0.29) is 24.4 Å². The van der Waals surface area contributed by atoms with E-state index in [1.165, 1.54) is 32.1 Å². The zero-order chi connectivity index (χ0) is 13.0. The fraction of sp³-hybridized carbons (Fsp3) is 0.933. The third kappa shape index (κ3) is 5.31. The van der Waals surface area contributed by atoms with Crippen molar-refractivity contribution in [3.63, 3.8) is 0 Å². The summed E-state index contributed by atoms with van der Waals surface area (Å²) in [6.07, 6.45) is 9.29. The van der Waals surface area contributed by atoms with Crippen molar-refractivity contribution in [1.29, 1.82) is 0 Å². The Bertz CT molecular complexity index is 277. The SMILES string of the molecule is CC1CCC(CNC(=O)C[C@@H]2CCC[C@H]2N)CC1.Cl. The Labute approximate surface area is 123 Å². The Morgan fingerprint density at radius 1 is 1.16 bits per heavy atom. The predicted molar refractivity (Wildman–Crippen MR) is 81.3 cm³/mol. The van der Waals surface area contributed by atoms with Gasteiger partial charge in [-0.2, -0.15) is 0 Å². The minimum atomic E-state index is 0. The van der Waals surface area contributed by atoms with E-state index in [1.807, 2.05) is 0 Å². The van der Waals surface area contributed by atoms with Crippen LogP contribution in [-0.4, -0.2) is 18.5 Å². The lowest BCUT2D eigenvalue weighted by Gasteiger charge is -2.26. The highest BCUT2D eigenvalue weighted by atomic mass is 35.5. The van der Waals surface area contributed by atoms with Gasteiger partial charge in [-0.1, -0.05) is 26.2 Å². The summed E-state index contributed by atoms with van der Waals surface area (Å²) in [5.41, 5.74) is 6.00. The highest BCUT2D eigenvalue weighted by Gasteiger charge is 2.26.